The minimum Gasteiger partial charge on any atom is -1.00 e. The number of nitrogens with two attached hydrogens (primary N) is 1. The third-order valence-corrected chi connectivity index (χ3v) is 4.56. The molecule has 0 radical (unpaired) electrons. The van der Waals surface area contributed by atoms with E-state index in [1.165, 1.54) is 5.56 Å². The lowest BCUT2D eigenvalue weighted by Crippen LogP contribution is -3.00. The highest BCUT2D eigenvalue weighted by Crippen LogP contribution is 2.41. The van der Waals surface area contributed by atoms with Gasteiger partial charge in [0.05, 0.1) is 5.41 Å². The third kappa shape index (κ3) is 3.98. The molecule has 0 atom stereocenters. The molecule has 1 heterocycles. The van der Waals surface area contributed by atoms with Crippen LogP contribution in [0.4, 0.5) is 5.69 Å². The predicted octanol–water partition coefficient (Wildman–Crippen LogP) is -1.18. The number of hydrogen-bond donors (Lipinski definition) is 1. The Morgan fingerprint density at radius 1 is 1.04 bits per heavy atom. The molecule has 0 spiro atoms. The van der Waals surface area contributed by atoms with Crippen molar-refractivity contribution in [1.29, 1.82) is 0 Å². The highest BCUT2D eigenvalue weighted by molar-refractivity contribution is 5.89. The molecule has 1 aromatic heterocycles. The second kappa shape index (κ2) is 8.22. The van der Waals surface area contributed by atoms with Crippen molar-refractivity contribution in [3.8, 4) is 0 Å². The first kappa shape index (κ1) is 19.3. The minimum atomic E-state index is -0.296. The Bertz CT molecular complexity index is 623. The maximum atomic E-state index is 13.0. The van der Waals surface area contributed by atoms with Crippen molar-refractivity contribution >= 4 is 11.5 Å². The van der Waals surface area contributed by atoms with Crippen LogP contribution in [0.3, 0.4) is 0 Å². The van der Waals surface area contributed by atoms with Crippen LogP contribution in [0.25, 0.3) is 0 Å². The molecule has 4 nitrogen and oxygen atoms in total. The standard InChI is InChI=1S/C18H20N2O.BrH.H2O/c19-16-8-12-20(13-9-16)14-17(21)18(10-4-5-11-18)15-6-2-1-3-7-15;;/h1-3,6-9,12-13,19H,4-5,10-11,14H2;1H;1H2. The first-order valence-corrected chi connectivity index (χ1v) is 7.54. The normalized spacial score (nSPS) is 15.3. The Labute approximate surface area is 147 Å². The van der Waals surface area contributed by atoms with E-state index < -0.39 is 0 Å². The molecule has 1 aromatic carbocycles. The van der Waals surface area contributed by atoms with Crippen molar-refractivity contribution in [2.24, 2.45) is 0 Å². The number of hydrogen-bond acceptors (Lipinski definition) is 2. The Morgan fingerprint density at radius 2 is 1.61 bits per heavy atom. The van der Waals surface area contributed by atoms with Crippen LogP contribution in [0.2, 0.25) is 0 Å². The predicted molar refractivity (Wildman–Crippen MR) is 86.3 cm³/mol. The summed E-state index contributed by atoms with van der Waals surface area (Å²) in [7, 11) is 0. The zero-order valence-corrected chi connectivity index (χ0v) is 14.6. The molecular weight excluding hydrogens is 356 g/mol. The fourth-order valence-electron chi connectivity index (χ4n) is 3.36. The number of rotatable bonds is 4. The smallest absolute Gasteiger partial charge is 0.207 e. The number of anilines is 1. The summed E-state index contributed by atoms with van der Waals surface area (Å²) in [6, 6.07) is 13.9. The monoisotopic (exact) mass is 378 g/mol. The van der Waals surface area contributed by atoms with Crippen LogP contribution in [0.1, 0.15) is 31.2 Å². The molecule has 1 aliphatic rings. The largest absolute Gasteiger partial charge is 1.00 e. The van der Waals surface area contributed by atoms with Gasteiger partial charge in [-0.15, -0.1) is 0 Å². The number of pyridine rings is 1. The van der Waals surface area contributed by atoms with Gasteiger partial charge in [0.1, 0.15) is 0 Å². The van der Waals surface area contributed by atoms with E-state index in [9.17, 15) is 4.79 Å². The maximum absolute atomic E-state index is 13.0. The van der Waals surface area contributed by atoms with Crippen molar-refractivity contribution in [3.05, 3.63) is 60.4 Å². The Balaban J connectivity index is 0.00000132. The Hall–Kier alpha value is -1.72. The highest BCUT2D eigenvalue weighted by atomic mass is 79.9. The van der Waals surface area contributed by atoms with Crippen molar-refractivity contribution in [2.45, 2.75) is 37.6 Å². The number of Topliss-reactive ketones (excluding diaryl/α,β-unsaturated/α-hetero) is 1. The first-order valence-electron chi connectivity index (χ1n) is 7.54. The van der Waals surface area contributed by atoms with Gasteiger partial charge in [0, 0.05) is 17.8 Å². The number of carbonyl (C=O) groups excluding carboxylic acids is 1. The maximum Gasteiger partial charge on any atom is 0.207 e. The minimum absolute atomic E-state index is 0. The summed E-state index contributed by atoms with van der Waals surface area (Å²) in [6.45, 7) is 0.412. The molecule has 1 fully saturated rings. The summed E-state index contributed by atoms with van der Waals surface area (Å²) >= 11 is 0. The molecule has 0 bridgehead atoms. The summed E-state index contributed by atoms with van der Waals surface area (Å²) < 4.78 is 1.92. The quantitative estimate of drug-likeness (QED) is 0.679. The van der Waals surface area contributed by atoms with E-state index in [4.69, 9.17) is 5.73 Å². The molecule has 2 aromatic rings. The molecule has 0 saturated heterocycles. The fraction of sp³-hybridized carbons (Fsp3) is 0.333. The molecule has 3 rings (SSSR count). The first-order chi connectivity index (χ1) is 10.2. The number of carbonyl (C=O) groups is 1. The average molecular weight is 379 g/mol. The van der Waals surface area contributed by atoms with Crippen LogP contribution in [0, 0.1) is 0 Å². The Morgan fingerprint density at radius 3 is 2.17 bits per heavy atom. The van der Waals surface area contributed by atoms with E-state index in [1.807, 2.05) is 47.3 Å². The van der Waals surface area contributed by atoms with Crippen molar-refractivity contribution < 1.29 is 31.8 Å². The van der Waals surface area contributed by atoms with E-state index in [-0.39, 0.29) is 27.9 Å². The SMILES string of the molecule is Nc1cc[n+](CC(=O)C2(c3ccccc3)CCCC2)cc1.O.[Br-]. The zero-order chi connectivity index (χ0) is 14.7. The number of ketones is 1. The number of nitrogen functional groups attached to an aromatic ring is 1. The summed E-state index contributed by atoms with van der Waals surface area (Å²) in [4.78, 5) is 13.0. The van der Waals surface area contributed by atoms with Gasteiger partial charge in [0.2, 0.25) is 12.3 Å². The second-order valence-corrected chi connectivity index (χ2v) is 5.88. The van der Waals surface area contributed by atoms with Crippen molar-refractivity contribution in [1.82, 2.24) is 0 Å². The molecule has 0 aliphatic heterocycles. The van der Waals surface area contributed by atoms with Crippen LogP contribution in [-0.4, -0.2) is 11.3 Å². The molecule has 0 amide bonds. The second-order valence-electron chi connectivity index (χ2n) is 5.88. The third-order valence-electron chi connectivity index (χ3n) is 4.56. The molecule has 23 heavy (non-hydrogen) atoms. The van der Waals surface area contributed by atoms with Gasteiger partial charge in [-0.05, 0) is 18.4 Å². The van der Waals surface area contributed by atoms with Crippen molar-refractivity contribution in [3.63, 3.8) is 0 Å². The van der Waals surface area contributed by atoms with E-state index in [0.29, 0.717) is 12.3 Å². The van der Waals surface area contributed by atoms with E-state index in [2.05, 4.69) is 12.1 Å². The summed E-state index contributed by atoms with van der Waals surface area (Å²) in [5.74, 6) is 0.306. The average Bonchev–Trinajstić information content (AvgIpc) is 3.01. The van der Waals surface area contributed by atoms with Gasteiger partial charge in [-0.2, -0.15) is 4.57 Å². The fourth-order valence-corrected chi connectivity index (χ4v) is 3.36. The molecule has 124 valence electrons. The molecule has 4 N–H and O–H groups in total. The van der Waals surface area contributed by atoms with E-state index in [1.54, 1.807) is 0 Å². The highest BCUT2D eigenvalue weighted by Gasteiger charge is 2.43. The summed E-state index contributed by atoms with van der Waals surface area (Å²) in [6.07, 6.45) is 7.94. The van der Waals surface area contributed by atoms with Gasteiger partial charge in [-0.25, -0.2) is 0 Å². The van der Waals surface area contributed by atoms with Crippen LogP contribution < -0.4 is 27.3 Å². The van der Waals surface area contributed by atoms with Gasteiger partial charge >= 0.3 is 0 Å². The van der Waals surface area contributed by atoms with Gasteiger partial charge in [0.25, 0.3) is 0 Å². The number of halogens is 1. The van der Waals surface area contributed by atoms with Crippen LogP contribution >= 0.6 is 0 Å². The molecule has 5 heteroatoms. The van der Waals surface area contributed by atoms with Crippen LogP contribution in [0.5, 0.6) is 0 Å². The topological polar surface area (TPSA) is 78.5 Å². The number of benzene rings is 1. The van der Waals surface area contributed by atoms with Gasteiger partial charge in [0.15, 0.2) is 12.4 Å². The molecular formula is C18H23BrN2O2. The molecule has 0 unspecified atom stereocenters. The summed E-state index contributed by atoms with van der Waals surface area (Å²) in [5.41, 5.74) is 7.29. The molecule has 1 saturated carbocycles. The Kier molecular flexibility index (Phi) is 6.91. The van der Waals surface area contributed by atoms with E-state index in [0.717, 1.165) is 31.4 Å². The van der Waals surface area contributed by atoms with Crippen LogP contribution in [-0.2, 0) is 16.8 Å². The number of aromatic nitrogens is 1. The lowest BCUT2D eigenvalue weighted by Gasteiger charge is -2.26. The zero-order valence-electron chi connectivity index (χ0n) is 13.0. The van der Waals surface area contributed by atoms with Gasteiger partial charge < -0.3 is 28.2 Å². The van der Waals surface area contributed by atoms with Crippen molar-refractivity contribution in [2.75, 3.05) is 5.73 Å². The van der Waals surface area contributed by atoms with E-state index >= 15 is 0 Å². The van der Waals surface area contributed by atoms with Crippen LogP contribution in [0.15, 0.2) is 54.9 Å². The lowest BCUT2D eigenvalue weighted by molar-refractivity contribution is -0.684. The van der Waals surface area contributed by atoms with Gasteiger partial charge in [-0.3, -0.25) is 4.79 Å². The lowest BCUT2D eigenvalue weighted by atomic mass is 9.75. The summed E-state index contributed by atoms with van der Waals surface area (Å²) in [5, 5.41) is 0. The molecule has 1 aliphatic carbocycles. The number of nitrogens with zero attached hydrogens (tertiary/aromatic N) is 1. The van der Waals surface area contributed by atoms with Gasteiger partial charge in [-0.1, -0.05) is 43.2 Å².